The molecular weight excluding hydrogens is 238 g/mol. The van der Waals surface area contributed by atoms with Crippen LogP contribution in [0.25, 0.3) is 0 Å². The van der Waals surface area contributed by atoms with Crippen LogP contribution < -0.4 is 5.32 Å². The lowest BCUT2D eigenvalue weighted by atomic mass is 10.2. The van der Waals surface area contributed by atoms with Gasteiger partial charge in [-0.1, -0.05) is 0 Å². The molecule has 0 unspecified atom stereocenters. The Bertz CT molecular complexity index is 550. The summed E-state index contributed by atoms with van der Waals surface area (Å²) in [6.07, 6.45) is 2.03. The molecule has 5 heteroatoms. The first-order valence-corrected chi connectivity index (χ1v) is 6.73. The normalized spacial score (nSPS) is 11.5. The molecule has 0 aliphatic rings. The van der Waals surface area contributed by atoms with Crippen LogP contribution in [0.15, 0.2) is 12.3 Å². The van der Waals surface area contributed by atoms with Gasteiger partial charge in [0.1, 0.15) is 0 Å². The van der Waals surface area contributed by atoms with E-state index in [2.05, 4.69) is 49.3 Å². The average Bonchev–Trinajstić information content (AvgIpc) is 2.90. The fraction of sp³-hybridized carbons (Fsp3) is 0.571. The first-order chi connectivity index (χ1) is 8.99. The summed E-state index contributed by atoms with van der Waals surface area (Å²) in [6.45, 7) is 10.0. The van der Waals surface area contributed by atoms with E-state index in [1.807, 2.05) is 22.6 Å². The molecule has 0 bridgehead atoms. The Morgan fingerprint density at radius 2 is 1.95 bits per heavy atom. The van der Waals surface area contributed by atoms with Gasteiger partial charge >= 0.3 is 0 Å². The lowest BCUT2D eigenvalue weighted by molar-refractivity contribution is 0.521. The summed E-state index contributed by atoms with van der Waals surface area (Å²) < 4.78 is 3.91. The second kappa shape index (κ2) is 5.57. The number of aromatic nitrogens is 4. The van der Waals surface area contributed by atoms with Gasteiger partial charge in [0.25, 0.3) is 0 Å². The zero-order chi connectivity index (χ0) is 14.0. The van der Waals surface area contributed by atoms with Crippen molar-refractivity contribution in [2.45, 2.75) is 46.8 Å². The second-order valence-corrected chi connectivity index (χ2v) is 5.26. The van der Waals surface area contributed by atoms with E-state index in [-0.39, 0.29) is 0 Å². The van der Waals surface area contributed by atoms with Crippen LogP contribution in [-0.4, -0.2) is 19.6 Å². The molecular formula is C14H23N5. The molecule has 5 nitrogen and oxygen atoms in total. The fourth-order valence-electron chi connectivity index (χ4n) is 2.15. The number of aryl methyl sites for hydroxylation is 2. The lowest BCUT2D eigenvalue weighted by Gasteiger charge is -2.05. The van der Waals surface area contributed by atoms with Gasteiger partial charge in [-0.2, -0.15) is 10.2 Å². The van der Waals surface area contributed by atoms with E-state index >= 15 is 0 Å². The predicted octanol–water partition coefficient (Wildman–Crippen LogP) is 2.10. The number of nitrogens with zero attached hydrogens (tertiary/aromatic N) is 4. The minimum Gasteiger partial charge on any atom is -0.307 e. The summed E-state index contributed by atoms with van der Waals surface area (Å²) in [6, 6.07) is 2.48. The van der Waals surface area contributed by atoms with E-state index in [4.69, 9.17) is 0 Å². The van der Waals surface area contributed by atoms with E-state index in [9.17, 15) is 0 Å². The van der Waals surface area contributed by atoms with E-state index in [0.717, 1.165) is 24.5 Å². The highest BCUT2D eigenvalue weighted by atomic mass is 15.3. The Morgan fingerprint density at radius 3 is 2.47 bits per heavy atom. The maximum atomic E-state index is 4.52. The summed E-state index contributed by atoms with van der Waals surface area (Å²) in [7, 11) is 1.98. The van der Waals surface area contributed by atoms with Crippen molar-refractivity contribution in [2.24, 2.45) is 7.05 Å². The topological polar surface area (TPSA) is 47.7 Å². The van der Waals surface area contributed by atoms with Crippen molar-refractivity contribution < 1.29 is 0 Å². The van der Waals surface area contributed by atoms with Crippen molar-refractivity contribution in [2.75, 3.05) is 0 Å². The standard InChI is InChI=1S/C14H23N5/c1-10(2)19-7-6-13(17-19)8-15-9-14-11(3)16-18(5)12(14)4/h6-7,10,15H,8-9H2,1-5H3. The van der Waals surface area contributed by atoms with Gasteiger partial charge in [-0.05, 0) is 33.8 Å². The Labute approximate surface area is 114 Å². The van der Waals surface area contributed by atoms with Crippen molar-refractivity contribution in [3.05, 3.63) is 34.9 Å². The van der Waals surface area contributed by atoms with Crippen LogP contribution in [0.4, 0.5) is 0 Å². The summed E-state index contributed by atoms with van der Waals surface area (Å²) in [5.74, 6) is 0. The van der Waals surface area contributed by atoms with Crippen LogP contribution in [0, 0.1) is 13.8 Å². The van der Waals surface area contributed by atoms with E-state index in [0.29, 0.717) is 6.04 Å². The van der Waals surface area contributed by atoms with Gasteiger partial charge in [0.05, 0.1) is 11.4 Å². The molecule has 0 atom stereocenters. The highest BCUT2D eigenvalue weighted by Crippen LogP contribution is 2.11. The van der Waals surface area contributed by atoms with Crippen LogP contribution in [-0.2, 0) is 20.1 Å². The lowest BCUT2D eigenvalue weighted by Crippen LogP contribution is -2.15. The van der Waals surface area contributed by atoms with Crippen LogP contribution >= 0.6 is 0 Å². The maximum absolute atomic E-state index is 4.52. The third-order valence-corrected chi connectivity index (χ3v) is 3.46. The van der Waals surface area contributed by atoms with E-state index < -0.39 is 0 Å². The Balaban J connectivity index is 1.92. The number of rotatable bonds is 5. The van der Waals surface area contributed by atoms with Crippen molar-refractivity contribution in [3.63, 3.8) is 0 Å². The first kappa shape index (κ1) is 13.8. The molecule has 2 heterocycles. The molecule has 0 aliphatic carbocycles. The molecule has 0 saturated carbocycles. The average molecular weight is 261 g/mol. The van der Waals surface area contributed by atoms with Gasteiger partial charge < -0.3 is 5.32 Å². The second-order valence-electron chi connectivity index (χ2n) is 5.26. The minimum atomic E-state index is 0.413. The minimum absolute atomic E-state index is 0.413. The van der Waals surface area contributed by atoms with Crippen molar-refractivity contribution in [1.29, 1.82) is 0 Å². The number of hydrogen-bond acceptors (Lipinski definition) is 3. The molecule has 0 aliphatic heterocycles. The molecule has 104 valence electrons. The summed E-state index contributed by atoms with van der Waals surface area (Å²) >= 11 is 0. The van der Waals surface area contributed by atoms with Gasteiger partial charge in [-0.15, -0.1) is 0 Å². The molecule has 2 aromatic rings. The van der Waals surface area contributed by atoms with Crippen molar-refractivity contribution in [3.8, 4) is 0 Å². The third kappa shape index (κ3) is 3.04. The number of nitrogens with one attached hydrogen (secondary N) is 1. The molecule has 0 aromatic carbocycles. The van der Waals surface area contributed by atoms with Gasteiger partial charge in [-0.3, -0.25) is 9.36 Å². The molecule has 2 aromatic heterocycles. The molecule has 0 amide bonds. The third-order valence-electron chi connectivity index (χ3n) is 3.46. The van der Waals surface area contributed by atoms with Crippen molar-refractivity contribution >= 4 is 0 Å². The summed E-state index contributed by atoms with van der Waals surface area (Å²) in [5.41, 5.74) is 4.68. The SMILES string of the molecule is Cc1nn(C)c(C)c1CNCc1ccn(C(C)C)n1. The highest BCUT2D eigenvalue weighted by Gasteiger charge is 2.09. The largest absolute Gasteiger partial charge is 0.307 e. The molecule has 0 saturated heterocycles. The molecule has 19 heavy (non-hydrogen) atoms. The zero-order valence-corrected chi connectivity index (χ0v) is 12.4. The maximum Gasteiger partial charge on any atom is 0.0762 e. The van der Waals surface area contributed by atoms with Gasteiger partial charge in [0.15, 0.2) is 0 Å². The quantitative estimate of drug-likeness (QED) is 0.896. The molecule has 2 rings (SSSR count). The summed E-state index contributed by atoms with van der Waals surface area (Å²) in [4.78, 5) is 0. The Kier molecular flexibility index (Phi) is 4.04. The fourth-order valence-corrected chi connectivity index (χ4v) is 2.15. The van der Waals surface area contributed by atoms with Gasteiger partial charge in [0, 0.05) is 43.6 Å². The highest BCUT2D eigenvalue weighted by molar-refractivity contribution is 5.24. The Morgan fingerprint density at radius 1 is 1.21 bits per heavy atom. The Hall–Kier alpha value is -1.62. The van der Waals surface area contributed by atoms with Gasteiger partial charge in [0.2, 0.25) is 0 Å². The van der Waals surface area contributed by atoms with E-state index in [1.165, 1.54) is 11.3 Å². The molecule has 1 N–H and O–H groups in total. The van der Waals surface area contributed by atoms with Crippen LogP contribution in [0.1, 0.15) is 42.5 Å². The zero-order valence-electron chi connectivity index (χ0n) is 12.4. The monoisotopic (exact) mass is 261 g/mol. The first-order valence-electron chi connectivity index (χ1n) is 6.73. The molecule has 0 spiro atoms. The number of hydrogen-bond donors (Lipinski definition) is 1. The van der Waals surface area contributed by atoms with Crippen LogP contribution in [0.5, 0.6) is 0 Å². The van der Waals surface area contributed by atoms with Crippen LogP contribution in [0.3, 0.4) is 0 Å². The smallest absolute Gasteiger partial charge is 0.0762 e. The van der Waals surface area contributed by atoms with Gasteiger partial charge in [-0.25, -0.2) is 0 Å². The molecule has 0 radical (unpaired) electrons. The summed E-state index contributed by atoms with van der Waals surface area (Å²) in [5, 5.41) is 12.4. The van der Waals surface area contributed by atoms with Crippen molar-refractivity contribution in [1.82, 2.24) is 24.9 Å². The van der Waals surface area contributed by atoms with Crippen LogP contribution in [0.2, 0.25) is 0 Å². The predicted molar refractivity (Wildman–Crippen MR) is 75.8 cm³/mol. The van der Waals surface area contributed by atoms with E-state index in [1.54, 1.807) is 0 Å². The molecule has 0 fully saturated rings.